The lowest BCUT2D eigenvalue weighted by atomic mass is 9.83. The summed E-state index contributed by atoms with van der Waals surface area (Å²) in [7, 11) is 0. The summed E-state index contributed by atoms with van der Waals surface area (Å²) < 4.78 is 0. The molecule has 1 aromatic heterocycles. The Bertz CT molecular complexity index is 1050. The van der Waals surface area contributed by atoms with E-state index in [2.05, 4.69) is 99.0 Å². The molecule has 1 atom stereocenters. The van der Waals surface area contributed by atoms with Crippen LogP contribution in [-0.2, 0) is 10.8 Å². The summed E-state index contributed by atoms with van der Waals surface area (Å²) in [5, 5.41) is 0. The molecule has 1 unspecified atom stereocenters. The molecule has 2 aromatic carbocycles. The molecule has 0 N–H and O–H groups in total. The summed E-state index contributed by atoms with van der Waals surface area (Å²) in [5.74, 6) is 1.89. The first-order chi connectivity index (χ1) is 13.3. The fraction of sp³-hybridized carbons (Fsp3) is 0.333. The van der Waals surface area contributed by atoms with Gasteiger partial charge in [0.15, 0.2) is 11.6 Å². The molecule has 0 fully saturated rings. The Labute approximate surface area is 166 Å². The normalized spacial score (nSPS) is 19.4. The van der Waals surface area contributed by atoms with E-state index in [9.17, 15) is 0 Å². The second-order valence-corrected chi connectivity index (χ2v) is 9.34. The monoisotopic (exact) mass is 370 g/mol. The summed E-state index contributed by atoms with van der Waals surface area (Å²) >= 11 is 0. The Kier molecular flexibility index (Phi) is 3.43. The number of rotatable bonds is 1. The molecule has 0 amide bonds. The third-order valence-corrected chi connectivity index (χ3v) is 5.99. The molecule has 3 aromatic rings. The standard InChI is InChI=1S/C24H26N4/c1-23(2,3)19-15-25-20-21(26-19)28-18-14-10-9-13-17(18)24(4,5)22(28)27(20)16-11-7-6-8-12-16/h6-15,22H,1-5H3. The molecule has 4 nitrogen and oxygen atoms in total. The van der Waals surface area contributed by atoms with E-state index < -0.39 is 0 Å². The highest BCUT2D eigenvalue weighted by molar-refractivity contribution is 5.88. The van der Waals surface area contributed by atoms with Crippen LogP contribution in [0.25, 0.3) is 0 Å². The predicted octanol–water partition coefficient (Wildman–Crippen LogP) is 5.68. The van der Waals surface area contributed by atoms with Gasteiger partial charge in [0.2, 0.25) is 0 Å². The molecule has 0 radical (unpaired) electrons. The third kappa shape index (κ3) is 2.24. The predicted molar refractivity (Wildman–Crippen MR) is 115 cm³/mol. The van der Waals surface area contributed by atoms with Crippen molar-refractivity contribution in [3.8, 4) is 0 Å². The summed E-state index contributed by atoms with van der Waals surface area (Å²) in [6.45, 7) is 11.2. The van der Waals surface area contributed by atoms with Gasteiger partial charge >= 0.3 is 0 Å². The topological polar surface area (TPSA) is 32.3 Å². The maximum atomic E-state index is 5.13. The first-order valence-corrected chi connectivity index (χ1v) is 9.91. The van der Waals surface area contributed by atoms with Gasteiger partial charge in [0.1, 0.15) is 6.17 Å². The van der Waals surface area contributed by atoms with E-state index in [0.29, 0.717) is 0 Å². The molecule has 0 aliphatic carbocycles. The average Bonchev–Trinajstić information content (AvgIpc) is 3.13. The molecule has 28 heavy (non-hydrogen) atoms. The van der Waals surface area contributed by atoms with Gasteiger partial charge in [-0.05, 0) is 23.8 Å². The van der Waals surface area contributed by atoms with E-state index in [-0.39, 0.29) is 17.0 Å². The molecule has 5 rings (SSSR count). The molecule has 2 aliphatic rings. The van der Waals surface area contributed by atoms with Gasteiger partial charge in [0, 0.05) is 22.2 Å². The SMILES string of the molecule is CC(C)(C)c1cnc2c(n1)N1c3ccccc3C(C)(C)C1N2c1ccccc1. The number of para-hydroxylation sites is 2. The fourth-order valence-electron chi connectivity index (χ4n) is 4.52. The number of hydrogen-bond acceptors (Lipinski definition) is 4. The van der Waals surface area contributed by atoms with Crippen LogP contribution >= 0.6 is 0 Å². The molecule has 2 aliphatic heterocycles. The van der Waals surface area contributed by atoms with E-state index in [1.807, 2.05) is 6.20 Å². The van der Waals surface area contributed by atoms with Gasteiger partial charge in [0.05, 0.1) is 11.9 Å². The van der Waals surface area contributed by atoms with Crippen LogP contribution in [0.5, 0.6) is 0 Å². The Morgan fingerprint density at radius 2 is 1.54 bits per heavy atom. The lowest BCUT2D eigenvalue weighted by Crippen LogP contribution is -2.46. The van der Waals surface area contributed by atoms with Crippen molar-refractivity contribution in [2.24, 2.45) is 0 Å². The van der Waals surface area contributed by atoms with E-state index in [0.717, 1.165) is 23.0 Å². The zero-order chi connectivity index (χ0) is 19.7. The lowest BCUT2D eigenvalue weighted by Gasteiger charge is -2.36. The molecule has 0 saturated heterocycles. The number of anilines is 4. The van der Waals surface area contributed by atoms with Crippen LogP contribution in [-0.4, -0.2) is 16.1 Å². The minimum absolute atomic E-state index is 0.0492. The highest BCUT2D eigenvalue weighted by Gasteiger charge is 2.54. The van der Waals surface area contributed by atoms with Crippen molar-refractivity contribution in [2.75, 3.05) is 9.80 Å². The van der Waals surface area contributed by atoms with Crippen molar-refractivity contribution in [3.63, 3.8) is 0 Å². The van der Waals surface area contributed by atoms with Gasteiger partial charge in [-0.15, -0.1) is 0 Å². The average molecular weight is 371 g/mol. The Morgan fingerprint density at radius 1 is 0.857 bits per heavy atom. The summed E-state index contributed by atoms with van der Waals surface area (Å²) in [6.07, 6.45) is 2.05. The molecule has 0 saturated carbocycles. The third-order valence-electron chi connectivity index (χ3n) is 5.99. The number of nitrogens with zero attached hydrogens (tertiary/aromatic N) is 4. The summed E-state index contributed by atoms with van der Waals surface area (Å²) in [6, 6.07) is 19.3. The highest BCUT2D eigenvalue weighted by Crippen LogP contribution is 2.57. The Morgan fingerprint density at radius 3 is 2.25 bits per heavy atom. The number of benzene rings is 2. The van der Waals surface area contributed by atoms with Crippen LogP contribution < -0.4 is 9.80 Å². The van der Waals surface area contributed by atoms with E-state index in [1.165, 1.54) is 11.3 Å². The van der Waals surface area contributed by atoms with Crippen molar-refractivity contribution in [1.82, 2.24) is 9.97 Å². The molecular formula is C24H26N4. The zero-order valence-corrected chi connectivity index (χ0v) is 17.1. The smallest absolute Gasteiger partial charge is 0.178 e. The van der Waals surface area contributed by atoms with Crippen molar-refractivity contribution < 1.29 is 0 Å². The van der Waals surface area contributed by atoms with Gasteiger partial charge < -0.3 is 9.80 Å². The van der Waals surface area contributed by atoms with Crippen LogP contribution in [0.15, 0.2) is 60.8 Å². The maximum Gasteiger partial charge on any atom is 0.178 e. The maximum absolute atomic E-state index is 5.13. The van der Waals surface area contributed by atoms with Gasteiger partial charge in [0.25, 0.3) is 0 Å². The first kappa shape index (κ1) is 17.2. The number of fused-ring (bicyclic) bond motifs is 5. The van der Waals surface area contributed by atoms with Crippen LogP contribution in [0.3, 0.4) is 0 Å². The van der Waals surface area contributed by atoms with Gasteiger partial charge in [-0.3, -0.25) is 0 Å². The molecular weight excluding hydrogens is 344 g/mol. The molecule has 0 spiro atoms. The second kappa shape index (κ2) is 5.57. The molecule has 3 heterocycles. The van der Waals surface area contributed by atoms with Crippen molar-refractivity contribution in [1.29, 1.82) is 0 Å². The largest absolute Gasteiger partial charge is 0.301 e. The fourth-order valence-corrected chi connectivity index (χ4v) is 4.52. The van der Waals surface area contributed by atoms with Crippen molar-refractivity contribution >= 4 is 23.0 Å². The minimum atomic E-state index is -0.0727. The van der Waals surface area contributed by atoms with Crippen LogP contribution in [0.1, 0.15) is 45.9 Å². The number of aromatic nitrogens is 2. The molecule has 4 heteroatoms. The molecule has 142 valence electrons. The second-order valence-electron chi connectivity index (χ2n) is 9.34. The van der Waals surface area contributed by atoms with Gasteiger partial charge in [-0.25, -0.2) is 9.97 Å². The van der Waals surface area contributed by atoms with Gasteiger partial charge in [-0.2, -0.15) is 0 Å². The van der Waals surface area contributed by atoms with E-state index in [4.69, 9.17) is 9.97 Å². The summed E-state index contributed by atoms with van der Waals surface area (Å²) in [4.78, 5) is 14.8. The van der Waals surface area contributed by atoms with E-state index in [1.54, 1.807) is 0 Å². The molecule has 0 bridgehead atoms. The van der Waals surface area contributed by atoms with Crippen LogP contribution in [0, 0.1) is 0 Å². The highest BCUT2D eigenvalue weighted by atomic mass is 15.5. The Balaban J connectivity index is 1.79. The lowest BCUT2D eigenvalue weighted by molar-refractivity contribution is 0.449. The van der Waals surface area contributed by atoms with E-state index >= 15 is 0 Å². The minimum Gasteiger partial charge on any atom is -0.301 e. The Hall–Kier alpha value is -2.88. The van der Waals surface area contributed by atoms with Crippen LogP contribution in [0.4, 0.5) is 23.0 Å². The van der Waals surface area contributed by atoms with Crippen molar-refractivity contribution in [3.05, 3.63) is 72.1 Å². The number of hydrogen-bond donors (Lipinski definition) is 0. The zero-order valence-electron chi connectivity index (χ0n) is 17.1. The summed E-state index contributed by atoms with van der Waals surface area (Å²) in [5.41, 5.74) is 4.63. The van der Waals surface area contributed by atoms with Crippen molar-refractivity contribution in [2.45, 2.75) is 51.6 Å². The van der Waals surface area contributed by atoms with Gasteiger partial charge in [-0.1, -0.05) is 71.0 Å². The quantitative estimate of drug-likeness (QED) is 0.551. The van der Waals surface area contributed by atoms with Crippen LogP contribution in [0.2, 0.25) is 0 Å². The first-order valence-electron chi connectivity index (χ1n) is 9.91.